The third-order valence-corrected chi connectivity index (χ3v) is 7.64. The number of imide groups is 1. The second-order valence-corrected chi connectivity index (χ2v) is 11.5. The van der Waals surface area contributed by atoms with Crippen molar-refractivity contribution in [1.82, 2.24) is 10.0 Å². The van der Waals surface area contributed by atoms with Gasteiger partial charge in [-0.2, -0.15) is 8.42 Å². The molecule has 5 rings (SSSR count). The highest BCUT2D eigenvalue weighted by Gasteiger charge is 2.32. The first-order valence-electron chi connectivity index (χ1n) is 13.4. The van der Waals surface area contributed by atoms with Crippen LogP contribution in [0.15, 0.2) is 33.7 Å². The Hall–Kier alpha value is -4.04. The van der Waals surface area contributed by atoms with Crippen molar-refractivity contribution in [3.8, 4) is 17.2 Å². The summed E-state index contributed by atoms with van der Waals surface area (Å²) >= 11 is 0. The molecule has 13 nitrogen and oxygen atoms in total. The van der Waals surface area contributed by atoms with Gasteiger partial charge in [0.25, 0.3) is 21.9 Å². The van der Waals surface area contributed by atoms with Gasteiger partial charge in [-0.15, -0.1) is 5.06 Å². The first kappa shape index (κ1) is 28.5. The van der Waals surface area contributed by atoms with Gasteiger partial charge in [-0.3, -0.25) is 19.1 Å². The summed E-state index contributed by atoms with van der Waals surface area (Å²) in [5.74, 6) is -0.754. The first-order valence-corrected chi connectivity index (χ1v) is 15.0. The van der Waals surface area contributed by atoms with Gasteiger partial charge in [0.1, 0.15) is 23.6 Å². The van der Waals surface area contributed by atoms with Crippen LogP contribution in [0.1, 0.15) is 44.1 Å². The molecule has 41 heavy (non-hydrogen) atoms. The quantitative estimate of drug-likeness (QED) is 0.160. The van der Waals surface area contributed by atoms with E-state index in [-0.39, 0.29) is 25.0 Å². The number of amides is 2. The number of ether oxygens (including phenoxy) is 1. The van der Waals surface area contributed by atoms with E-state index < -0.39 is 27.9 Å². The zero-order chi connectivity index (χ0) is 29.1. The maximum absolute atomic E-state index is 12.2. The van der Waals surface area contributed by atoms with Gasteiger partial charge in [-0.05, 0) is 37.8 Å². The SMILES string of the molecule is Cc1cc2nc3cc4c(cc3oc-2cc1=NCCCCS(=O)(=O)O)N(CCCC(=O)ON1C(=O)CCC1=O)CCO4. The molecule has 2 amide bonds. The molecule has 0 aromatic heterocycles. The van der Waals surface area contributed by atoms with Crippen LogP contribution >= 0.6 is 0 Å². The number of unbranched alkanes of at least 4 members (excludes halogenated alkanes) is 1. The third-order valence-electron chi connectivity index (χ3n) is 6.84. The van der Waals surface area contributed by atoms with Crippen molar-refractivity contribution in [1.29, 1.82) is 0 Å². The lowest BCUT2D eigenvalue weighted by atomic mass is 10.1. The number of benzene rings is 2. The number of rotatable bonds is 10. The van der Waals surface area contributed by atoms with Crippen molar-refractivity contribution in [3.05, 3.63) is 35.2 Å². The molecule has 0 unspecified atom stereocenters. The highest BCUT2D eigenvalue weighted by atomic mass is 32.2. The molecule has 0 atom stereocenters. The van der Waals surface area contributed by atoms with Crippen LogP contribution in [0.4, 0.5) is 5.69 Å². The smallest absolute Gasteiger partial charge is 0.333 e. The van der Waals surface area contributed by atoms with Crippen molar-refractivity contribution in [3.63, 3.8) is 0 Å². The van der Waals surface area contributed by atoms with Crippen molar-refractivity contribution >= 4 is 44.7 Å². The summed E-state index contributed by atoms with van der Waals surface area (Å²) < 4.78 is 42.7. The Balaban J connectivity index is 1.29. The fourth-order valence-corrected chi connectivity index (χ4v) is 5.32. The van der Waals surface area contributed by atoms with Crippen LogP contribution < -0.4 is 15.0 Å². The maximum Gasteiger partial charge on any atom is 0.333 e. The predicted molar refractivity (Wildman–Crippen MR) is 146 cm³/mol. The second-order valence-electron chi connectivity index (χ2n) is 9.97. The molecule has 1 aromatic carbocycles. The summed E-state index contributed by atoms with van der Waals surface area (Å²) in [4.78, 5) is 51.8. The number of aromatic nitrogens is 1. The summed E-state index contributed by atoms with van der Waals surface area (Å²) in [6.07, 6.45) is 1.40. The normalized spacial score (nSPS) is 16.0. The van der Waals surface area contributed by atoms with Gasteiger partial charge in [0.05, 0.1) is 23.3 Å². The zero-order valence-electron chi connectivity index (χ0n) is 22.5. The summed E-state index contributed by atoms with van der Waals surface area (Å²) in [5, 5.41) is 1.27. The number of hydrogen-bond donors (Lipinski definition) is 1. The lowest BCUT2D eigenvalue weighted by Crippen LogP contribution is -2.34. The molecule has 1 N–H and O–H groups in total. The van der Waals surface area contributed by atoms with Gasteiger partial charge in [-0.1, -0.05) is 0 Å². The topological polar surface area (TPSA) is 169 Å². The van der Waals surface area contributed by atoms with Gasteiger partial charge in [0.15, 0.2) is 11.3 Å². The Morgan fingerprint density at radius 1 is 1.12 bits per heavy atom. The van der Waals surface area contributed by atoms with Gasteiger partial charge in [0.2, 0.25) is 0 Å². The predicted octanol–water partition coefficient (Wildman–Crippen LogP) is 2.40. The Bertz CT molecular complexity index is 1630. The third kappa shape index (κ3) is 6.82. The number of hydrogen-bond acceptors (Lipinski definition) is 11. The van der Waals surface area contributed by atoms with Crippen LogP contribution in [0.5, 0.6) is 5.75 Å². The molecular formula is C27H30N4O9S. The zero-order valence-corrected chi connectivity index (χ0v) is 23.3. The lowest BCUT2D eigenvalue weighted by molar-refractivity contribution is -0.197. The van der Waals surface area contributed by atoms with E-state index in [9.17, 15) is 22.8 Å². The molecular weight excluding hydrogens is 556 g/mol. The van der Waals surface area contributed by atoms with E-state index in [1.165, 1.54) is 0 Å². The molecule has 0 spiro atoms. The fourth-order valence-electron chi connectivity index (χ4n) is 4.75. The van der Waals surface area contributed by atoms with Crippen molar-refractivity contribution < 1.29 is 41.3 Å². The molecule has 3 aliphatic heterocycles. The van der Waals surface area contributed by atoms with E-state index in [1.54, 1.807) is 6.07 Å². The molecule has 14 heteroatoms. The van der Waals surface area contributed by atoms with E-state index in [4.69, 9.17) is 23.5 Å². The average Bonchev–Trinajstić information content (AvgIpc) is 3.22. The Kier molecular flexibility index (Phi) is 8.22. The van der Waals surface area contributed by atoms with Crippen LogP contribution in [-0.4, -0.2) is 72.8 Å². The number of fused-ring (bicyclic) bond motifs is 3. The molecule has 0 saturated carbocycles. The van der Waals surface area contributed by atoms with Gasteiger partial charge in [-0.25, -0.2) is 9.78 Å². The highest BCUT2D eigenvalue weighted by molar-refractivity contribution is 7.85. The standard InChI is InChI=1S/C27H30N4O9S/c1-17-13-19-22(14-18(17)28-8-2-3-12-41(35,36)37)39-23-16-21-24(15-20(23)29-19)38-11-10-30(21)9-4-5-27(34)40-31-25(32)6-7-26(31)33/h13-16H,2-12H2,1H3,(H,35,36,37). The number of carbonyl (C=O) groups excluding carboxylic acids is 3. The van der Waals surface area contributed by atoms with E-state index in [0.717, 1.165) is 11.3 Å². The highest BCUT2D eigenvalue weighted by Crippen LogP contribution is 2.37. The summed E-state index contributed by atoms with van der Waals surface area (Å²) in [5.41, 5.74) is 3.51. The van der Waals surface area contributed by atoms with E-state index >= 15 is 0 Å². The van der Waals surface area contributed by atoms with Crippen LogP contribution in [0.3, 0.4) is 0 Å². The van der Waals surface area contributed by atoms with Crippen molar-refractivity contribution in [2.24, 2.45) is 4.99 Å². The van der Waals surface area contributed by atoms with Crippen molar-refractivity contribution in [2.45, 2.75) is 45.4 Å². The molecule has 3 heterocycles. The number of nitrogens with zero attached hydrogens (tertiary/aromatic N) is 4. The summed E-state index contributed by atoms with van der Waals surface area (Å²) in [7, 11) is -3.98. The van der Waals surface area contributed by atoms with E-state index in [0.29, 0.717) is 84.2 Å². The van der Waals surface area contributed by atoms with Crippen LogP contribution in [-0.2, 0) is 29.3 Å². The van der Waals surface area contributed by atoms with Gasteiger partial charge >= 0.3 is 5.97 Å². The minimum atomic E-state index is -3.98. The maximum atomic E-state index is 12.2. The van der Waals surface area contributed by atoms with Crippen LogP contribution in [0.25, 0.3) is 22.6 Å². The number of carbonyl (C=O) groups is 3. The molecule has 1 saturated heterocycles. The number of hydroxylamine groups is 2. The fraction of sp³-hybridized carbons (Fsp3) is 0.444. The van der Waals surface area contributed by atoms with E-state index in [1.807, 2.05) is 25.1 Å². The van der Waals surface area contributed by atoms with Gasteiger partial charge in [0, 0.05) is 50.6 Å². The summed E-state index contributed by atoms with van der Waals surface area (Å²) in [6.45, 7) is 3.88. The number of anilines is 1. The molecule has 1 aliphatic carbocycles. The van der Waals surface area contributed by atoms with Crippen LogP contribution in [0, 0.1) is 6.92 Å². The van der Waals surface area contributed by atoms with Gasteiger partial charge < -0.3 is 18.9 Å². The second kappa shape index (κ2) is 11.8. The lowest BCUT2D eigenvalue weighted by Gasteiger charge is -2.31. The number of aryl methyl sites for hydroxylation is 1. The minimum Gasteiger partial charge on any atom is -0.489 e. The molecule has 0 bridgehead atoms. The Labute approximate surface area is 235 Å². The monoisotopic (exact) mass is 586 g/mol. The van der Waals surface area contributed by atoms with Crippen LogP contribution in [0.2, 0.25) is 0 Å². The molecule has 1 aromatic rings. The minimum absolute atomic E-state index is 0.0370. The molecule has 1 fully saturated rings. The van der Waals surface area contributed by atoms with E-state index in [2.05, 4.69) is 9.89 Å². The average molecular weight is 587 g/mol. The molecule has 218 valence electrons. The van der Waals surface area contributed by atoms with Crippen molar-refractivity contribution in [2.75, 3.05) is 36.9 Å². The largest absolute Gasteiger partial charge is 0.489 e. The Morgan fingerprint density at radius 3 is 2.66 bits per heavy atom. The Morgan fingerprint density at radius 2 is 1.90 bits per heavy atom. The summed E-state index contributed by atoms with van der Waals surface area (Å²) in [6, 6.07) is 7.35. The molecule has 4 aliphatic rings. The molecule has 0 radical (unpaired) electrons. The first-order chi connectivity index (χ1) is 19.6.